The normalized spacial score (nSPS) is 15.7. The van der Waals surface area contributed by atoms with Crippen molar-refractivity contribution >= 4 is 39.2 Å². The van der Waals surface area contributed by atoms with Crippen molar-refractivity contribution in [1.82, 2.24) is 0 Å². The lowest BCUT2D eigenvalue weighted by atomic mass is 9.85. The molecule has 3 aromatic rings. The summed E-state index contributed by atoms with van der Waals surface area (Å²) in [5, 5.41) is 3.84. The molecule has 0 unspecified atom stereocenters. The van der Waals surface area contributed by atoms with E-state index in [-0.39, 0.29) is 5.56 Å². The number of anilines is 1. The van der Waals surface area contributed by atoms with Crippen LogP contribution in [0.3, 0.4) is 0 Å². The number of nitrogens with one attached hydrogen (secondary N) is 1. The highest BCUT2D eigenvalue weighted by atomic mass is 32.1. The number of hydrogen-bond donors (Lipinski definition) is 1. The van der Waals surface area contributed by atoms with Crippen LogP contribution in [0, 0.1) is 5.92 Å². The largest absolute Gasteiger partial charge is 0.465 e. The first kappa shape index (κ1) is 19.4. The number of esters is 1. The van der Waals surface area contributed by atoms with Crippen molar-refractivity contribution < 1.29 is 18.7 Å². The molecule has 1 atom stereocenters. The highest BCUT2D eigenvalue weighted by Gasteiger charge is 2.30. The minimum absolute atomic E-state index is 0.0997. The standard InChI is InChI=1S/C22H21NO5S/c1-3-12-8-9-14-17(10-12)29-20(18(14)22(26)27-2)23-19(24)15-11-13-6-4-5-7-16(13)28-21(15)25/h4-7,11-12H,3,8-10H2,1-2H3,(H,23,24)/t12-/m1/s1. The van der Waals surface area contributed by atoms with Gasteiger partial charge in [-0.1, -0.05) is 31.5 Å². The third-order valence-corrected chi connectivity index (χ3v) is 6.62. The van der Waals surface area contributed by atoms with Crippen LogP contribution in [0.2, 0.25) is 0 Å². The molecule has 2 heterocycles. The zero-order chi connectivity index (χ0) is 20.5. The van der Waals surface area contributed by atoms with E-state index in [1.165, 1.54) is 24.5 Å². The van der Waals surface area contributed by atoms with Gasteiger partial charge in [0.05, 0.1) is 12.7 Å². The van der Waals surface area contributed by atoms with E-state index in [0.29, 0.717) is 27.5 Å². The summed E-state index contributed by atoms with van der Waals surface area (Å²) in [6.07, 6.45) is 3.74. The number of carbonyl (C=O) groups excluding carboxylic acids is 2. The van der Waals surface area contributed by atoms with Crippen molar-refractivity contribution in [3.8, 4) is 0 Å². The molecular formula is C22H21NO5S. The van der Waals surface area contributed by atoms with Gasteiger partial charge in [-0.25, -0.2) is 9.59 Å². The second-order valence-corrected chi connectivity index (χ2v) is 8.26. The molecule has 1 aliphatic carbocycles. The first-order valence-electron chi connectivity index (χ1n) is 9.58. The van der Waals surface area contributed by atoms with Crippen LogP contribution in [0.1, 0.15) is 50.9 Å². The second kappa shape index (κ2) is 7.83. The lowest BCUT2D eigenvalue weighted by Gasteiger charge is -2.20. The Bertz CT molecular complexity index is 1160. The predicted molar refractivity (Wildman–Crippen MR) is 112 cm³/mol. The number of para-hydroxylation sites is 1. The minimum atomic E-state index is -0.715. The molecule has 1 N–H and O–H groups in total. The highest BCUT2D eigenvalue weighted by molar-refractivity contribution is 7.17. The van der Waals surface area contributed by atoms with Crippen LogP contribution >= 0.6 is 11.3 Å². The number of ether oxygens (including phenoxy) is 1. The van der Waals surface area contributed by atoms with Crippen molar-refractivity contribution in [3.63, 3.8) is 0 Å². The lowest BCUT2D eigenvalue weighted by Crippen LogP contribution is -2.21. The lowest BCUT2D eigenvalue weighted by molar-refractivity contribution is 0.0601. The molecule has 2 aromatic heterocycles. The minimum Gasteiger partial charge on any atom is -0.465 e. The Morgan fingerprint density at radius 3 is 2.86 bits per heavy atom. The first-order valence-corrected chi connectivity index (χ1v) is 10.4. The summed E-state index contributed by atoms with van der Waals surface area (Å²) in [6.45, 7) is 2.16. The molecule has 7 heteroatoms. The number of carbonyl (C=O) groups is 2. The van der Waals surface area contributed by atoms with E-state index in [0.717, 1.165) is 36.1 Å². The molecule has 0 spiro atoms. The van der Waals surface area contributed by atoms with Crippen LogP contribution in [0.15, 0.2) is 39.5 Å². The number of benzene rings is 1. The Morgan fingerprint density at radius 2 is 2.10 bits per heavy atom. The summed E-state index contributed by atoms with van der Waals surface area (Å²) in [7, 11) is 1.33. The molecule has 1 aromatic carbocycles. The summed E-state index contributed by atoms with van der Waals surface area (Å²) in [6, 6.07) is 8.51. The Labute approximate surface area is 171 Å². The van der Waals surface area contributed by atoms with Crippen LogP contribution in [0.25, 0.3) is 11.0 Å². The summed E-state index contributed by atoms with van der Waals surface area (Å²) < 4.78 is 10.2. The van der Waals surface area contributed by atoms with Gasteiger partial charge in [0.1, 0.15) is 16.1 Å². The summed E-state index contributed by atoms with van der Waals surface area (Å²) in [5.74, 6) is -0.499. The van der Waals surface area contributed by atoms with Crippen LogP contribution in [0.4, 0.5) is 5.00 Å². The van der Waals surface area contributed by atoms with Gasteiger partial charge in [-0.15, -0.1) is 11.3 Å². The van der Waals surface area contributed by atoms with Crippen LogP contribution in [-0.4, -0.2) is 19.0 Å². The molecule has 0 aliphatic heterocycles. The van der Waals surface area contributed by atoms with E-state index >= 15 is 0 Å². The van der Waals surface area contributed by atoms with Gasteiger partial charge in [-0.05, 0) is 42.9 Å². The summed E-state index contributed by atoms with van der Waals surface area (Å²) in [5.41, 5.74) is 0.958. The monoisotopic (exact) mass is 411 g/mol. The molecule has 1 amide bonds. The maximum Gasteiger partial charge on any atom is 0.349 e. The first-order chi connectivity index (χ1) is 14.0. The maximum atomic E-state index is 12.9. The van der Waals surface area contributed by atoms with Crippen molar-refractivity contribution in [2.45, 2.75) is 32.6 Å². The topological polar surface area (TPSA) is 85.6 Å². The Morgan fingerprint density at radius 1 is 1.31 bits per heavy atom. The van der Waals surface area contributed by atoms with Crippen LogP contribution in [-0.2, 0) is 17.6 Å². The molecule has 4 rings (SSSR count). The Balaban J connectivity index is 1.71. The average molecular weight is 411 g/mol. The quantitative estimate of drug-likeness (QED) is 0.508. The maximum absolute atomic E-state index is 12.9. The Kier molecular flexibility index (Phi) is 5.24. The van der Waals surface area contributed by atoms with E-state index in [4.69, 9.17) is 9.15 Å². The number of hydrogen-bond acceptors (Lipinski definition) is 6. The Hall–Kier alpha value is -2.93. The van der Waals surface area contributed by atoms with Gasteiger partial charge in [-0.2, -0.15) is 0 Å². The van der Waals surface area contributed by atoms with E-state index in [2.05, 4.69) is 12.2 Å². The molecule has 6 nitrogen and oxygen atoms in total. The molecule has 0 bridgehead atoms. The van der Waals surface area contributed by atoms with E-state index in [1.807, 2.05) is 0 Å². The summed E-state index contributed by atoms with van der Waals surface area (Å²) in [4.78, 5) is 38.7. The summed E-state index contributed by atoms with van der Waals surface area (Å²) >= 11 is 1.39. The number of rotatable bonds is 4. The average Bonchev–Trinajstić information content (AvgIpc) is 3.09. The third-order valence-electron chi connectivity index (χ3n) is 5.45. The fourth-order valence-electron chi connectivity index (χ4n) is 3.80. The third kappa shape index (κ3) is 3.58. The number of methoxy groups -OCH3 is 1. The SMILES string of the molecule is CC[C@@H]1CCc2c(sc(NC(=O)c3cc4ccccc4oc3=O)c2C(=O)OC)C1. The van der Waals surface area contributed by atoms with Gasteiger partial charge in [0.15, 0.2) is 0 Å². The number of fused-ring (bicyclic) bond motifs is 2. The molecule has 0 saturated heterocycles. The van der Waals surface area contributed by atoms with Crippen LogP contribution < -0.4 is 10.9 Å². The van der Waals surface area contributed by atoms with E-state index in [1.54, 1.807) is 24.3 Å². The fraction of sp³-hybridized carbons (Fsp3) is 0.318. The van der Waals surface area contributed by atoms with Gasteiger partial charge >= 0.3 is 11.6 Å². The molecule has 150 valence electrons. The van der Waals surface area contributed by atoms with E-state index in [9.17, 15) is 14.4 Å². The number of thiophene rings is 1. The van der Waals surface area contributed by atoms with Gasteiger partial charge < -0.3 is 14.5 Å². The fourth-order valence-corrected chi connectivity index (χ4v) is 5.14. The van der Waals surface area contributed by atoms with Gasteiger partial charge in [0.25, 0.3) is 5.91 Å². The van der Waals surface area contributed by atoms with Gasteiger partial charge in [0, 0.05) is 10.3 Å². The number of amides is 1. The molecule has 0 fully saturated rings. The molecule has 0 saturated carbocycles. The zero-order valence-corrected chi connectivity index (χ0v) is 17.1. The predicted octanol–water partition coefficient (Wildman–Crippen LogP) is 4.41. The van der Waals surface area contributed by atoms with E-state index < -0.39 is 17.5 Å². The van der Waals surface area contributed by atoms with Crippen molar-refractivity contribution in [2.75, 3.05) is 12.4 Å². The molecule has 29 heavy (non-hydrogen) atoms. The zero-order valence-electron chi connectivity index (χ0n) is 16.2. The molecule has 0 radical (unpaired) electrons. The van der Waals surface area contributed by atoms with Gasteiger partial charge in [0.2, 0.25) is 0 Å². The van der Waals surface area contributed by atoms with Crippen molar-refractivity contribution in [2.24, 2.45) is 5.92 Å². The smallest absolute Gasteiger partial charge is 0.349 e. The second-order valence-electron chi connectivity index (χ2n) is 7.16. The van der Waals surface area contributed by atoms with Crippen molar-refractivity contribution in [1.29, 1.82) is 0 Å². The van der Waals surface area contributed by atoms with Crippen LogP contribution in [0.5, 0.6) is 0 Å². The molecule has 1 aliphatic rings. The van der Waals surface area contributed by atoms with Gasteiger partial charge in [-0.3, -0.25) is 4.79 Å². The molecular weight excluding hydrogens is 390 g/mol. The van der Waals surface area contributed by atoms with Crippen molar-refractivity contribution in [3.05, 3.63) is 62.3 Å². The highest BCUT2D eigenvalue weighted by Crippen LogP contribution is 2.40.